The van der Waals surface area contributed by atoms with Gasteiger partial charge in [-0.25, -0.2) is 4.98 Å². The Labute approximate surface area is 209 Å². The zero-order valence-electron chi connectivity index (χ0n) is 20.9. The highest BCUT2D eigenvalue weighted by atomic mass is 16.3. The van der Waals surface area contributed by atoms with Crippen molar-refractivity contribution in [3.63, 3.8) is 0 Å². The first-order valence-corrected chi connectivity index (χ1v) is 12.0. The Morgan fingerprint density at radius 1 is 1.03 bits per heavy atom. The number of aliphatic hydroxyl groups is 1. The number of H-pyrrole nitrogens is 1. The molecule has 7 heteroatoms. The lowest BCUT2D eigenvalue weighted by molar-refractivity contribution is 0.0799. The number of hydrogen-bond donors (Lipinski definition) is 3. The van der Waals surface area contributed by atoms with Crippen molar-refractivity contribution >= 4 is 27.8 Å². The second-order valence-corrected chi connectivity index (χ2v) is 9.89. The Hall–Kier alpha value is -4.10. The zero-order chi connectivity index (χ0) is 25.4. The maximum absolute atomic E-state index is 12.9. The predicted molar refractivity (Wildman–Crippen MR) is 141 cm³/mol. The van der Waals surface area contributed by atoms with Gasteiger partial charge in [-0.15, -0.1) is 0 Å². The number of benzene rings is 1. The van der Waals surface area contributed by atoms with Crippen molar-refractivity contribution in [2.75, 3.05) is 0 Å². The van der Waals surface area contributed by atoms with Gasteiger partial charge in [0.1, 0.15) is 5.65 Å². The van der Waals surface area contributed by atoms with Gasteiger partial charge in [0, 0.05) is 65.3 Å². The molecule has 0 aliphatic heterocycles. The van der Waals surface area contributed by atoms with Crippen LogP contribution >= 0.6 is 0 Å². The summed E-state index contributed by atoms with van der Waals surface area (Å²) >= 11 is 0. The van der Waals surface area contributed by atoms with Crippen LogP contribution < -0.4 is 5.32 Å². The smallest absolute Gasteiger partial charge is 0.251 e. The van der Waals surface area contributed by atoms with E-state index in [1.807, 2.05) is 44.4 Å². The lowest BCUT2D eigenvalue weighted by Crippen LogP contribution is -2.23. The van der Waals surface area contributed by atoms with Crippen molar-refractivity contribution in [3.8, 4) is 0 Å². The van der Waals surface area contributed by atoms with E-state index in [4.69, 9.17) is 0 Å². The Balaban J connectivity index is 1.36. The van der Waals surface area contributed by atoms with Crippen LogP contribution in [0, 0.1) is 13.8 Å². The molecule has 0 aliphatic rings. The minimum absolute atomic E-state index is 0.167. The number of fused-ring (bicyclic) bond motifs is 2. The van der Waals surface area contributed by atoms with Gasteiger partial charge in [-0.1, -0.05) is 6.07 Å². The average molecular weight is 480 g/mol. The molecular formula is C29H29N5O2. The summed E-state index contributed by atoms with van der Waals surface area (Å²) in [6.07, 6.45) is 7.70. The lowest BCUT2D eigenvalue weighted by Gasteiger charge is -2.21. The maximum Gasteiger partial charge on any atom is 0.251 e. The fourth-order valence-electron chi connectivity index (χ4n) is 4.47. The minimum Gasteiger partial charge on any atom is -0.386 e. The molecule has 0 spiro atoms. The van der Waals surface area contributed by atoms with Crippen LogP contribution in [-0.2, 0) is 18.6 Å². The average Bonchev–Trinajstić information content (AvgIpc) is 3.21. The number of carbonyl (C=O) groups is 1. The molecule has 4 aromatic heterocycles. The number of rotatable bonds is 6. The third-order valence-corrected chi connectivity index (χ3v) is 6.35. The largest absolute Gasteiger partial charge is 0.386 e. The molecule has 0 saturated carbocycles. The standard InChI is InChI=1S/C29H29N5O2/c1-17-7-22-8-19(11-25(29(3,4)36)26(22)31-13-17)9-23-12-21(5-6-30-23)28(35)34-16-20-10-24-18(2)14-32-27(24)33-15-20/h5-8,10-15,36H,9,16H2,1-4H3,(H,32,33)(H,34,35). The first kappa shape index (κ1) is 23.6. The number of carbonyl (C=O) groups excluding carboxylic acids is 1. The number of amides is 1. The summed E-state index contributed by atoms with van der Waals surface area (Å²) in [5, 5.41) is 15.8. The van der Waals surface area contributed by atoms with Gasteiger partial charge < -0.3 is 15.4 Å². The van der Waals surface area contributed by atoms with Crippen molar-refractivity contribution in [2.24, 2.45) is 0 Å². The van der Waals surface area contributed by atoms with E-state index in [-0.39, 0.29) is 5.91 Å². The minimum atomic E-state index is -1.04. The number of nitrogens with zero attached hydrogens (tertiary/aromatic N) is 3. The fraction of sp³-hybridized carbons (Fsp3) is 0.241. The second kappa shape index (κ2) is 9.17. The summed E-state index contributed by atoms with van der Waals surface area (Å²) in [5.41, 5.74) is 6.80. The van der Waals surface area contributed by atoms with Gasteiger partial charge >= 0.3 is 0 Å². The molecule has 1 aromatic carbocycles. The number of aromatic amines is 1. The molecule has 0 fully saturated rings. The molecule has 36 heavy (non-hydrogen) atoms. The zero-order valence-corrected chi connectivity index (χ0v) is 20.9. The van der Waals surface area contributed by atoms with Gasteiger partial charge in [-0.2, -0.15) is 0 Å². The Bertz CT molecular complexity index is 1600. The highest BCUT2D eigenvalue weighted by molar-refractivity contribution is 5.94. The van der Waals surface area contributed by atoms with Gasteiger partial charge in [0.25, 0.3) is 5.91 Å². The molecule has 3 N–H and O–H groups in total. The number of hydrogen-bond acceptors (Lipinski definition) is 5. The molecule has 182 valence electrons. The van der Waals surface area contributed by atoms with E-state index in [9.17, 15) is 9.90 Å². The van der Waals surface area contributed by atoms with Gasteiger partial charge in [0.2, 0.25) is 0 Å². The number of nitrogens with one attached hydrogen (secondary N) is 2. The summed E-state index contributed by atoms with van der Waals surface area (Å²) in [6, 6.07) is 11.7. The van der Waals surface area contributed by atoms with Crippen LogP contribution in [0.25, 0.3) is 21.9 Å². The molecule has 0 aliphatic carbocycles. The summed E-state index contributed by atoms with van der Waals surface area (Å²) in [6.45, 7) is 7.94. The predicted octanol–water partition coefficient (Wildman–Crippen LogP) is 4.87. The van der Waals surface area contributed by atoms with Gasteiger partial charge in [0.15, 0.2) is 0 Å². The molecule has 5 rings (SSSR count). The summed E-state index contributed by atoms with van der Waals surface area (Å²) < 4.78 is 0. The van der Waals surface area contributed by atoms with E-state index in [1.54, 1.807) is 32.3 Å². The molecule has 4 heterocycles. The first-order chi connectivity index (χ1) is 17.2. The Morgan fingerprint density at radius 3 is 2.67 bits per heavy atom. The third-order valence-electron chi connectivity index (χ3n) is 6.35. The third kappa shape index (κ3) is 4.83. The maximum atomic E-state index is 12.9. The number of aromatic nitrogens is 4. The van der Waals surface area contributed by atoms with Gasteiger partial charge in [0.05, 0.1) is 11.1 Å². The normalized spacial score (nSPS) is 11.8. The molecule has 7 nitrogen and oxygen atoms in total. The van der Waals surface area contributed by atoms with Crippen LogP contribution in [-0.4, -0.2) is 30.9 Å². The lowest BCUT2D eigenvalue weighted by atomic mass is 9.91. The van der Waals surface area contributed by atoms with Crippen molar-refractivity contribution in [2.45, 2.75) is 46.3 Å². The highest BCUT2D eigenvalue weighted by Gasteiger charge is 2.21. The Morgan fingerprint density at radius 2 is 1.86 bits per heavy atom. The van der Waals surface area contributed by atoms with E-state index < -0.39 is 5.60 Å². The van der Waals surface area contributed by atoms with Gasteiger partial charge in [-0.3, -0.25) is 14.8 Å². The van der Waals surface area contributed by atoms with Crippen molar-refractivity contribution < 1.29 is 9.90 Å². The van der Waals surface area contributed by atoms with Crippen molar-refractivity contribution in [1.29, 1.82) is 0 Å². The molecular weight excluding hydrogens is 450 g/mol. The highest BCUT2D eigenvalue weighted by Crippen LogP contribution is 2.30. The second-order valence-electron chi connectivity index (χ2n) is 9.89. The van der Waals surface area contributed by atoms with Crippen LogP contribution in [0.4, 0.5) is 0 Å². The fourth-order valence-corrected chi connectivity index (χ4v) is 4.47. The first-order valence-electron chi connectivity index (χ1n) is 12.0. The summed E-state index contributed by atoms with van der Waals surface area (Å²) in [4.78, 5) is 29.5. The number of aryl methyl sites for hydroxylation is 2. The van der Waals surface area contributed by atoms with E-state index in [0.717, 1.165) is 55.4 Å². The molecule has 5 aromatic rings. The Kier molecular flexibility index (Phi) is 6.02. The van der Waals surface area contributed by atoms with Crippen LogP contribution in [0.5, 0.6) is 0 Å². The molecule has 0 bridgehead atoms. The van der Waals surface area contributed by atoms with E-state index in [0.29, 0.717) is 18.5 Å². The topological polar surface area (TPSA) is 104 Å². The van der Waals surface area contributed by atoms with Gasteiger partial charge in [-0.05, 0) is 80.3 Å². The van der Waals surface area contributed by atoms with Crippen molar-refractivity contribution in [1.82, 2.24) is 25.3 Å². The van der Waals surface area contributed by atoms with E-state index in [1.165, 1.54) is 0 Å². The quantitative estimate of drug-likeness (QED) is 0.322. The van der Waals surface area contributed by atoms with Crippen LogP contribution in [0.15, 0.2) is 61.2 Å². The van der Waals surface area contributed by atoms with Crippen LogP contribution in [0.3, 0.4) is 0 Å². The summed E-state index contributed by atoms with van der Waals surface area (Å²) in [7, 11) is 0. The van der Waals surface area contributed by atoms with Crippen LogP contribution in [0.1, 0.15) is 57.7 Å². The monoisotopic (exact) mass is 479 g/mol. The van der Waals surface area contributed by atoms with E-state index in [2.05, 4.69) is 37.4 Å². The molecule has 0 radical (unpaired) electrons. The van der Waals surface area contributed by atoms with Crippen LogP contribution in [0.2, 0.25) is 0 Å². The molecule has 0 unspecified atom stereocenters. The molecule has 0 saturated heterocycles. The van der Waals surface area contributed by atoms with Crippen molar-refractivity contribution in [3.05, 3.63) is 100 Å². The summed E-state index contributed by atoms with van der Waals surface area (Å²) in [5.74, 6) is -0.167. The molecule has 0 atom stereocenters. The van der Waals surface area contributed by atoms with E-state index >= 15 is 0 Å². The number of pyridine rings is 3. The SMILES string of the molecule is Cc1cnc2c(C(C)(C)O)cc(Cc3cc(C(=O)NCc4cnc5[nH]cc(C)c5c4)ccn3)cc2c1. The molecule has 1 amide bonds.